The van der Waals surface area contributed by atoms with Crippen LogP contribution in [-0.2, 0) is 13.1 Å². The number of nitrogens with one attached hydrogen (secondary N) is 1. The quantitative estimate of drug-likeness (QED) is 0.673. The predicted molar refractivity (Wildman–Crippen MR) is 75.7 cm³/mol. The molecule has 18 heavy (non-hydrogen) atoms. The first-order chi connectivity index (χ1) is 8.65. The van der Waals surface area contributed by atoms with Gasteiger partial charge in [0.1, 0.15) is 0 Å². The topological polar surface area (TPSA) is 55.2 Å². The highest BCUT2D eigenvalue weighted by Gasteiger charge is 2.03. The summed E-state index contributed by atoms with van der Waals surface area (Å²) in [5, 5.41) is 15.8. The Morgan fingerprint density at radius 3 is 2.56 bits per heavy atom. The fourth-order valence-electron chi connectivity index (χ4n) is 1.51. The SMILES string of the molecule is O=[N+]([O-])c1ccc(CNCc2cc(Br)cs2)cc1. The Hall–Kier alpha value is -1.24. The van der Waals surface area contributed by atoms with Gasteiger partial charge in [0, 0.05) is 40.0 Å². The molecular weight excluding hydrogens is 316 g/mol. The third kappa shape index (κ3) is 3.63. The van der Waals surface area contributed by atoms with Gasteiger partial charge in [0.05, 0.1) is 4.92 Å². The number of nitrogens with zero attached hydrogens (tertiary/aromatic N) is 1. The van der Waals surface area contributed by atoms with Crippen molar-refractivity contribution in [2.75, 3.05) is 0 Å². The zero-order valence-corrected chi connectivity index (χ0v) is 11.8. The Labute approximate surface area is 117 Å². The molecule has 0 unspecified atom stereocenters. The summed E-state index contributed by atoms with van der Waals surface area (Å²) in [6.07, 6.45) is 0. The molecule has 0 aliphatic carbocycles. The van der Waals surface area contributed by atoms with Gasteiger partial charge in [-0.3, -0.25) is 10.1 Å². The average molecular weight is 327 g/mol. The van der Waals surface area contributed by atoms with E-state index in [9.17, 15) is 10.1 Å². The van der Waals surface area contributed by atoms with Gasteiger partial charge in [0.2, 0.25) is 0 Å². The molecule has 0 saturated heterocycles. The smallest absolute Gasteiger partial charge is 0.269 e. The second-order valence-corrected chi connectivity index (χ2v) is 5.67. The van der Waals surface area contributed by atoms with E-state index < -0.39 is 0 Å². The van der Waals surface area contributed by atoms with Crippen LogP contribution < -0.4 is 5.32 Å². The van der Waals surface area contributed by atoms with E-state index >= 15 is 0 Å². The molecule has 0 radical (unpaired) electrons. The number of nitro groups is 1. The Morgan fingerprint density at radius 1 is 1.28 bits per heavy atom. The maximum Gasteiger partial charge on any atom is 0.269 e. The number of rotatable bonds is 5. The third-order valence-corrected chi connectivity index (χ3v) is 4.09. The van der Waals surface area contributed by atoms with Crippen LogP contribution in [0, 0.1) is 10.1 Å². The van der Waals surface area contributed by atoms with Crippen molar-refractivity contribution in [3.05, 3.63) is 60.7 Å². The molecule has 0 fully saturated rings. The van der Waals surface area contributed by atoms with Gasteiger partial charge < -0.3 is 5.32 Å². The number of halogens is 1. The normalized spacial score (nSPS) is 10.5. The van der Waals surface area contributed by atoms with E-state index in [4.69, 9.17) is 0 Å². The lowest BCUT2D eigenvalue weighted by Crippen LogP contribution is -2.11. The van der Waals surface area contributed by atoms with Gasteiger partial charge in [-0.15, -0.1) is 11.3 Å². The second kappa shape index (κ2) is 6.08. The molecule has 0 spiro atoms. The third-order valence-electron chi connectivity index (χ3n) is 2.40. The van der Waals surface area contributed by atoms with Crippen molar-refractivity contribution in [3.8, 4) is 0 Å². The number of hydrogen-bond donors (Lipinski definition) is 1. The summed E-state index contributed by atoms with van der Waals surface area (Å²) in [6.45, 7) is 1.50. The van der Waals surface area contributed by atoms with Crippen LogP contribution in [0.4, 0.5) is 5.69 Å². The standard InChI is InChI=1S/C12H11BrN2O2S/c13-10-5-12(18-8-10)7-14-6-9-1-3-11(4-2-9)15(16)17/h1-5,8,14H,6-7H2. The summed E-state index contributed by atoms with van der Waals surface area (Å²) in [6, 6.07) is 8.68. The van der Waals surface area contributed by atoms with Crippen LogP contribution in [0.3, 0.4) is 0 Å². The van der Waals surface area contributed by atoms with Crippen molar-refractivity contribution in [3.63, 3.8) is 0 Å². The van der Waals surface area contributed by atoms with Gasteiger partial charge in [-0.25, -0.2) is 0 Å². The summed E-state index contributed by atoms with van der Waals surface area (Å²) in [7, 11) is 0. The zero-order chi connectivity index (χ0) is 13.0. The summed E-state index contributed by atoms with van der Waals surface area (Å²) in [5.74, 6) is 0. The maximum atomic E-state index is 10.5. The van der Waals surface area contributed by atoms with Crippen molar-refractivity contribution < 1.29 is 4.92 Å². The lowest BCUT2D eigenvalue weighted by Gasteiger charge is -2.03. The molecule has 4 nitrogen and oxygen atoms in total. The molecule has 1 aromatic heterocycles. The Balaban J connectivity index is 1.85. The van der Waals surface area contributed by atoms with Gasteiger partial charge in [0.15, 0.2) is 0 Å². The van der Waals surface area contributed by atoms with E-state index in [0.717, 1.165) is 16.6 Å². The molecule has 1 heterocycles. The van der Waals surface area contributed by atoms with Crippen LogP contribution in [0.1, 0.15) is 10.4 Å². The molecule has 1 aromatic carbocycles. The monoisotopic (exact) mass is 326 g/mol. The molecule has 94 valence electrons. The molecule has 0 atom stereocenters. The first-order valence-electron chi connectivity index (χ1n) is 5.32. The molecule has 6 heteroatoms. The van der Waals surface area contributed by atoms with Gasteiger partial charge in [0.25, 0.3) is 5.69 Å². The van der Waals surface area contributed by atoms with Crippen LogP contribution >= 0.6 is 27.3 Å². The van der Waals surface area contributed by atoms with E-state index in [2.05, 4.69) is 27.3 Å². The molecule has 0 saturated carbocycles. The summed E-state index contributed by atoms with van der Waals surface area (Å²) in [5.41, 5.74) is 1.16. The highest BCUT2D eigenvalue weighted by Crippen LogP contribution is 2.19. The molecule has 2 aromatic rings. The fourth-order valence-corrected chi connectivity index (χ4v) is 2.93. The number of thiophene rings is 1. The molecule has 0 amide bonds. The first-order valence-corrected chi connectivity index (χ1v) is 6.99. The van der Waals surface area contributed by atoms with E-state index in [1.807, 2.05) is 5.38 Å². The highest BCUT2D eigenvalue weighted by atomic mass is 79.9. The van der Waals surface area contributed by atoms with Gasteiger partial charge in [-0.2, -0.15) is 0 Å². The van der Waals surface area contributed by atoms with E-state index in [-0.39, 0.29) is 10.6 Å². The Kier molecular flexibility index (Phi) is 4.46. The minimum atomic E-state index is -0.389. The van der Waals surface area contributed by atoms with Crippen LogP contribution in [0.25, 0.3) is 0 Å². The predicted octanol–water partition coefficient (Wildman–Crippen LogP) is 3.71. The molecule has 1 N–H and O–H groups in total. The minimum Gasteiger partial charge on any atom is -0.308 e. The number of hydrogen-bond acceptors (Lipinski definition) is 4. The summed E-state index contributed by atoms with van der Waals surface area (Å²) < 4.78 is 1.10. The van der Waals surface area contributed by atoms with Crippen LogP contribution in [0.5, 0.6) is 0 Å². The molecule has 2 rings (SSSR count). The summed E-state index contributed by atoms with van der Waals surface area (Å²) >= 11 is 5.10. The maximum absolute atomic E-state index is 10.5. The minimum absolute atomic E-state index is 0.126. The van der Waals surface area contributed by atoms with E-state index in [1.54, 1.807) is 23.5 Å². The molecule has 0 aliphatic rings. The summed E-state index contributed by atoms with van der Waals surface area (Å²) in [4.78, 5) is 11.4. The molecule has 0 bridgehead atoms. The fraction of sp³-hybridized carbons (Fsp3) is 0.167. The molecule has 0 aliphatic heterocycles. The van der Waals surface area contributed by atoms with E-state index in [1.165, 1.54) is 17.0 Å². The van der Waals surface area contributed by atoms with Crippen LogP contribution in [0.15, 0.2) is 40.2 Å². The largest absolute Gasteiger partial charge is 0.308 e. The van der Waals surface area contributed by atoms with Crippen molar-refractivity contribution in [1.82, 2.24) is 5.32 Å². The van der Waals surface area contributed by atoms with Crippen molar-refractivity contribution >= 4 is 33.0 Å². The lowest BCUT2D eigenvalue weighted by molar-refractivity contribution is -0.384. The van der Waals surface area contributed by atoms with Crippen LogP contribution in [-0.4, -0.2) is 4.92 Å². The van der Waals surface area contributed by atoms with Crippen molar-refractivity contribution in [1.29, 1.82) is 0 Å². The zero-order valence-electron chi connectivity index (χ0n) is 9.43. The Morgan fingerprint density at radius 2 is 2.00 bits per heavy atom. The molecular formula is C12H11BrN2O2S. The van der Waals surface area contributed by atoms with Gasteiger partial charge in [-0.05, 0) is 27.6 Å². The first kappa shape index (κ1) is 13.2. The van der Waals surface area contributed by atoms with Crippen molar-refractivity contribution in [2.24, 2.45) is 0 Å². The highest BCUT2D eigenvalue weighted by molar-refractivity contribution is 9.10. The van der Waals surface area contributed by atoms with Gasteiger partial charge >= 0.3 is 0 Å². The second-order valence-electron chi connectivity index (χ2n) is 3.76. The van der Waals surface area contributed by atoms with Crippen LogP contribution in [0.2, 0.25) is 0 Å². The lowest BCUT2D eigenvalue weighted by atomic mass is 10.2. The Bertz CT molecular complexity index is 539. The van der Waals surface area contributed by atoms with E-state index in [0.29, 0.717) is 6.54 Å². The van der Waals surface area contributed by atoms with Crippen molar-refractivity contribution in [2.45, 2.75) is 13.1 Å². The van der Waals surface area contributed by atoms with Gasteiger partial charge in [-0.1, -0.05) is 12.1 Å². The number of benzene rings is 1. The number of non-ortho nitro benzene ring substituents is 1. The number of nitro benzene ring substituents is 1. The average Bonchev–Trinajstić information content (AvgIpc) is 2.76.